The number of methoxy groups -OCH3 is 1. The van der Waals surface area contributed by atoms with Crippen LogP contribution in [0, 0.1) is 0 Å². The van der Waals surface area contributed by atoms with E-state index < -0.39 is 0 Å². The molecule has 1 aromatic rings. The van der Waals surface area contributed by atoms with Crippen LogP contribution in [0.25, 0.3) is 0 Å². The Balaban J connectivity index is 2.19. The van der Waals surface area contributed by atoms with Gasteiger partial charge in [0.2, 0.25) is 11.2 Å². The largest absolute Gasteiger partial charge is 0.467 e. The van der Waals surface area contributed by atoms with Gasteiger partial charge < -0.3 is 15.8 Å². The van der Waals surface area contributed by atoms with E-state index in [1.54, 1.807) is 0 Å². The molecule has 0 atom stereocenters. The topological polar surface area (TPSA) is 86.0 Å². The van der Waals surface area contributed by atoms with Gasteiger partial charge in [0, 0.05) is 6.54 Å². The summed E-state index contributed by atoms with van der Waals surface area (Å²) in [7, 11) is 1.49. The molecule has 94 valence electrons. The standard InChI is InChI=1S/C10H16ClN5O/c1-17-9-14-7(11)13-8(15-9)16-10(6-12)4-2-3-5-10/h2-6,12H2,1H3,(H,13,14,15,16). The molecule has 0 unspecified atom stereocenters. The lowest BCUT2D eigenvalue weighted by Crippen LogP contribution is -2.43. The third kappa shape index (κ3) is 2.76. The Morgan fingerprint density at radius 1 is 1.35 bits per heavy atom. The smallest absolute Gasteiger partial charge is 0.322 e. The third-order valence-electron chi connectivity index (χ3n) is 3.10. The molecule has 1 heterocycles. The van der Waals surface area contributed by atoms with Crippen LogP contribution in [0.5, 0.6) is 6.01 Å². The van der Waals surface area contributed by atoms with Gasteiger partial charge in [0.1, 0.15) is 0 Å². The molecule has 0 spiro atoms. The minimum atomic E-state index is -0.115. The van der Waals surface area contributed by atoms with Crippen molar-refractivity contribution < 1.29 is 4.74 Å². The molecule has 0 radical (unpaired) electrons. The molecule has 7 heteroatoms. The van der Waals surface area contributed by atoms with E-state index in [2.05, 4.69) is 20.3 Å². The Hall–Kier alpha value is -1.14. The first kappa shape index (κ1) is 12.3. The van der Waals surface area contributed by atoms with Crippen LogP contribution in [0.3, 0.4) is 0 Å². The van der Waals surface area contributed by atoms with E-state index in [4.69, 9.17) is 22.1 Å². The van der Waals surface area contributed by atoms with Crippen LogP contribution in [0.4, 0.5) is 5.95 Å². The molecular formula is C10H16ClN5O. The highest BCUT2D eigenvalue weighted by Gasteiger charge is 2.33. The first-order chi connectivity index (χ1) is 8.17. The molecule has 1 aromatic heterocycles. The average molecular weight is 258 g/mol. The second-order valence-corrected chi connectivity index (χ2v) is 4.57. The maximum atomic E-state index is 5.83. The zero-order valence-corrected chi connectivity index (χ0v) is 10.5. The Bertz CT molecular complexity index is 394. The average Bonchev–Trinajstić information content (AvgIpc) is 2.77. The summed E-state index contributed by atoms with van der Waals surface area (Å²) in [6.45, 7) is 0.554. The summed E-state index contributed by atoms with van der Waals surface area (Å²) in [5.41, 5.74) is 5.71. The number of anilines is 1. The zero-order chi connectivity index (χ0) is 12.3. The molecule has 0 bridgehead atoms. The van der Waals surface area contributed by atoms with Gasteiger partial charge in [-0.15, -0.1) is 0 Å². The molecule has 1 aliphatic carbocycles. The van der Waals surface area contributed by atoms with Crippen molar-refractivity contribution in [1.29, 1.82) is 0 Å². The fraction of sp³-hybridized carbons (Fsp3) is 0.700. The van der Waals surface area contributed by atoms with Crippen molar-refractivity contribution in [3.05, 3.63) is 5.28 Å². The van der Waals surface area contributed by atoms with Gasteiger partial charge in [0.25, 0.3) is 0 Å². The molecule has 3 N–H and O–H groups in total. The van der Waals surface area contributed by atoms with Gasteiger partial charge in [-0.1, -0.05) is 12.8 Å². The van der Waals surface area contributed by atoms with Gasteiger partial charge in [-0.25, -0.2) is 0 Å². The summed E-state index contributed by atoms with van der Waals surface area (Å²) in [6.07, 6.45) is 4.38. The van der Waals surface area contributed by atoms with Crippen LogP contribution >= 0.6 is 11.6 Å². The first-order valence-electron chi connectivity index (χ1n) is 5.61. The molecule has 1 fully saturated rings. The Morgan fingerprint density at radius 3 is 2.65 bits per heavy atom. The van der Waals surface area contributed by atoms with Gasteiger partial charge >= 0.3 is 6.01 Å². The molecule has 0 amide bonds. The number of hydrogen-bond donors (Lipinski definition) is 2. The van der Waals surface area contributed by atoms with Gasteiger partial charge in [-0.05, 0) is 24.4 Å². The Labute approximate surface area is 105 Å². The number of aromatic nitrogens is 3. The quantitative estimate of drug-likeness (QED) is 0.843. The van der Waals surface area contributed by atoms with E-state index in [9.17, 15) is 0 Å². The number of nitrogens with one attached hydrogen (secondary N) is 1. The second kappa shape index (κ2) is 5.01. The van der Waals surface area contributed by atoms with Crippen molar-refractivity contribution in [2.75, 3.05) is 19.0 Å². The van der Waals surface area contributed by atoms with Crippen molar-refractivity contribution in [2.24, 2.45) is 5.73 Å². The molecule has 6 nitrogen and oxygen atoms in total. The molecular weight excluding hydrogens is 242 g/mol. The summed E-state index contributed by atoms with van der Waals surface area (Å²) in [5, 5.41) is 3.38. The fourth-order valence-corrected chi connectivity index (χ4v) is 2.30. The summed E-state index contributed by atoms with van der Waals surface area (Å²) >= 11 is 5.79. The Kier molecular flexibility index (Phi) is 3.63. The molecule has 0 aliphatic heterocycles. The lowest BCUT2D eigenvalue weighted by molar-refractivity contribution is 0.377. The number of rotatable bonds is 4. The minimum Gasteiger partial charge on any atom is -0.467 e. The van der Waals surface area contributed by atoms with E-state index in [1.807, 2.05) is 0 Å². The van der Waals surface area contributed by atoms with Crippen LogP contribution in [0.15, 0.2) is 0 Å². The second-order valence-electron chi connectivity index (χ2n) is 4.23. The zero-order valence-electron chi connectivity index (χ0n) is 9.74. The predicted octanol–water partition coefficient (Wildman–Crippen LogP) is 1.22. The van der Waals surface area contributed by atoms with Gasteiger partial charge in [0.15, 0.2) is 0 Å². The number of nitrogens with two attached hydrogens (primary N) is 1. The van der Waals surface area contributed by atoms with E-state index in [-0.39, 0.29) is 16.8 Å². The predicted molar refractivity (Wildman–Crippen MR) is 65.3 cm³/mol. The number of nitrogens with zero attached hydrogens (tertiary/aromatic N) is 3. The van der Waals surface area contributed by atoms with Crippen LogP contribution in [0.1, 0.15) is 25.7 Å². The molecule has 0 saturated heterocycles. The minimum absolute atomic E-state index is 0.115. The lowest BCUT2D eigenvalue weighted by Gasteiger charge is -2.28. The first-order valence-corrected chi connectivity index (χ1v) is 5.99. The van der Waals surface area contributed by atoms with Crippen LogP contribution in [-0.2, 0) is 0 Å². The summed E-state index contributed by atoms with van der Waals surface area (Å²) < 4.78 is 4.95. The van der Waals surface area contributed by atoms with Gasteiger partial charge in [-0.3, -0.25) is 0 Å². The molecule has 17 heavy (non-hydrogen) atoms. The number of halogens is 1. The van der Waals surface area contributed by atoms with E-state index in [0.717, 1.165) is 12.8 Å². The number of ether oxygens (including phenoxy) is 1. The van der Waals surface area contributed by atoms with Gasteiger partial charge in [-0.2, -0.15) is 15.0 Å². The molecule has 2 rings (SSSR count). The summed E-state index contributed by atoms with van der Waals surface area (Å²) in [4.78, 5) is 12.0. The monoisotopic (exact) mass is 257 g/mol. The molecule has 1 aliphatic rings. The molecule has 0 aromatic carbocycles. The SMILES string of the molecule is COc1nc(Cl)nc(NC2(CN)CCCC2)n1. The van der Waals surface area contributed by atoms with Crippen LogP contribution in [0.2, 0.25) is 5.28 Å². The highest BCUT2D eigenvalue weighted by Crippen LogP contribution is 2.31. The number of hydrogen-bond acceptors (Lipinski definition) is 6. The lowest BCUT2D eigenvalue weighted by atomic mass is 9.98. The van der Waals surface area contributed by atoms with Crippen molar-refractivity contribution in [2.45, 2.75) is 31.2 Å². The van der Waals surface area contributed by atoms with Gasteiger partial charge in [0.05, 0.1) is 12.6 Å². The summed E-state index contributed by atoms with van der Waals surface area (Å²) in [5.74, 6) is 0.425. The maximum absolute atomic E-state index is 5.83. The Morgan fingerprint density at radius 2 is 2.06 bits per heavy atom. The van der Waals surface area contributed by atoms with Crippen LogP contribution < -0.4 is 15.8 Å². The summed E-state index contributed by atoms with van der Waals surface area (Å²) in [6, 6.07) is 0.206. The van der Waals surface area contributed by atoms with Crippen molar-refractivity contribution in [3.8, 4) is 6.01 Å². The highest BCUT2D eigenvalue weighted by molar-refractivity contribution is 6.28. The molecule has 1 saturated carbocycles. The van der Waals surface area contributed by atoms with Crippen molar-refractivity contribution >= 4 is 17.5 Å². The van der Waals surface area contributed by atoms with E-state index in [0.29, 0.717) is 12.5 Å². The van der Waals surface area contributed by atoms with Crippen molar-refractivity contribution in [1.82, 2.24) is 15.0 Å². The fourth-order valence-electron chi connectivity index (χ4n) is 2.15. The van der Waals surface area contributed by atoms with Crippen LogP contribution in [-0.4, -0.2) is 34.1 Å². The van der Waals surface area contributed by atoms with E-state index in [1.165, 1.54) is 20.0 Å². The third-order valence-corrected chi connectivity index (χ3v) is 3.27. The van der Waals surface area contributed by atoms with E-state index >= 15 is 0 Å². The van der Waals surface area contributed by atoms with Crippen molar-refractivity contribution in [3.63, 3.8) is 0 Å². The highest BCUT2D eigenvalue weighted by atomic mass is 35.5. The maximum Gasteiger partial charge on any atom is 0.322 e. The normalized spacial score (nSPS) is 18.1.